The summed E-state index contributed by atoms with van der Waals surface area (Å²) in [6, 6.07) is 4.16. The van der Waals surface area contributed by atoms with E-state index in [9.17, 15) is 0 Å². The number of hydrogen-bond acceptors (Lipinski definition) is 7. The summed E-state index contributed by atoms with van der Waals surface area (Å²) >= 11 is 0. The molecule has 152 valence electrons. The fourth-order valence-electron chi connectivity index (χ4n) is 4.01. The van der Waals surface area contributed by atoms with Crippen LogP contribution in [0.15, 0.2) is 29.0 Å². The Morgan fingerprint density at radius 2 is 2.00 bits per heavy atom. The highest BCUT2D eigenvalue weighted by molar-refractivity contribution is 5.10. The fourth-order valence-corrected chi connectivity index (χ4v) is 4.01. The molecular formula is C21H30N4O3. The number of ether oxygens (including phenoxy) is 2. The molecule has 7 heteroatoms. The summed E-state index contributed by atoms with van der Waals surface area (Å²) in [4.78, 5) is 11.2. The molecule has 1 unspecified atom stereocenters. The second kappa shape index (κ2) is 10.1. The van der Waals surface area contributed by atoms with E-state index in [2.05, 4.69) is 32.2 Å². The number of hydrogen-bond donors (Lipinski definition) is 0. The third kappa shape index (κ3) is 5.59. The van der Waals surface area contributed by atoms with Gasteiger partial charge in [-0.05, 0) is 55.8 Å². The van der Waals surface area contributed by atoms with E-state index < -0.39 is 0 Å². The van der Waals surface area contributed by atoms with E-state index >= 15 is 0 Å². The summed E-state index contributed by atoms with van der Waals surface area (Å²) < 4.78 is 16.8. The van der Waals surface area contributed by atoms with Gasteiger partial charge in [-0.1, -0.05) is 5.16 Å². The molecule has 2 saturated heterocycles. The summed E-state index contributed by atoms with van der Waals surface area (Å²) in [5.41, 5.74) is 1.29. The van der Waals surface area contributed by atoms with Crippen molar-refractivity contribution in [2.75, 3.05) is 39.5 Å². The molecule has 2 aromatic rings. The zero-order valence-corrected chi connectivity index (χ0v) is 16.5. The smallest absolute Gasteiger partial charge is 0.231 e. The molecule has 0 spiro atoms. The van der Waals surface area contributed by atoms with Crippen LogP contribution >= 0.6 is 0 Å². The zero-order chi connectivity index (χ0) is 19.0. The van der Waals surface area contributed by atoms with Gasteiger partial charge in [-0.25, -0.2) is 0 Å². The number of aromatic nitrogens is 3. The van der Waals surface area contributed by atoms with Crippen molar-refractivity contribution in [1.29, 1.82) is 0 Å². The third-order valence-electron chi connectivity index (χ3n) is 5.66. The minimum atomic E-state index is 0.319. The summed E-state index contributed by atoms with van der Waals surface area (Å²) in [5.74, 6) is 2.48. The van der Waals surface area contributed by atoms with Crippen molar-refractivity contribution < 1.29 is 14.0 Å². The summed E-state index contributed by atoms with van der Waals surface area (Å²) in [6.07, 6.45) is 8.88. The van der Waals surface area contributed by atoms with E-state index in [1.165, 1.54) is 5.56 Å². The summed E-state index contributed by atoms with van der Waals surface area (Å²) in [7, 11) is 0. The Hall–Kier alpha value is -1.83. The maximum atomic E-state index is 5.82. The average molecular weight is 386 g/mol. The summed E-state index contributed by atoms with van der Waals surface area (Å²) in [5, 5.41) is 4.17. The number of nitrogens with zero attached hydrogens (tertiary/aromatic N) is 4. The number of piperidine rings is 1. The van der Waals surface area contributed by atoms with Crippen LogP contribution in [0, 0.1) is 5.92 Å². The lowest BCUT2D eigenvalue weighted by Gasteiger charge is -2.30. The van der Waals surface area contributed by atoms with E-state index in [0.717, 1.165) is 76.9 Å². The van der Waals surface area contributed by atoms with Gasteiger partial charge >= 0.3 is 0 Å². The van der Waals surface area contributed by atoms with Crippen molar-refractivity contribution >= 4 is 0 Å². The van der Waals surface area contributed by atoms with Gasteiger partial charge in [-0.3, -0.25) is 9.88 Å². The molecule has 2 fully saturated rings. The molecule has 0 aliphatic carbocycles. The minimum absolute atomic E-state index is 0.319. The molecular weight excluding hydrogens is 356 g/mol. The van der Waals surface area contributed by atoms with Crippen molar-refractivity contribution in [3.05, 3.63) is 41.8 Å². The first-order valence-electron chi connectivity index (χ1n) is 10.5. The Labute approximate surface area is 166 Å². The van der Waals surface area contributed by atoms with Gasteiger partial charge in [0.05, 0.1) is 12.5 Å². The molecule has 2 aliphatic rings. The highest BCUT2D eigenvalue weighted by Crippen LogP contribution is 2.26. The number of rotatable bonds is 8. The van der Waals surface area contributed by atoms with Gasteiger partial charge in [0.1, 0.15) is 0 Å². The fraction of sp³-hybridized carbons (Fsp3) is 0.667. The van der Waals surface area contributed by atoms with Crippen molar-refractivity contribution in [2.24, 2.45) is 5.92 Å². The van der Waals surface area contributed by atoms with E-state index in [1.807, 2.05) is 12.4 Å². The summed E-state index contributed by atoms with van der Waals surface area (Å²) in [6.45, 7) is 6.20. The maximum Gasteiger partial charge on any atom is 0.231 e. The zero-order valence-electron chi connectivity index (χ0n) is 16.5. The van der Waals surface area contributed by atoms with Crippen LogP contribution in [-0.4, -0.2) is 59.5 Å². The first-order chi connectivity index (χ1) is 13.9. The van der Waals surface area contributed by atoms with Crippen LogP contribution < -0.4 is 0 Å². The Bertz CT molecular complexity index is 703. The lowest BCUT2D eigenvalue weighted by atomic mass is 9.97. The topological polar surface area (TPSA) is 73.5 Å². The molecule has 0 aromatic carbocycles. The van der Waals surface area contributed by atoms with Crippen LogP contribution in [0.2, 0.25) is 0 Å². The molecule has 0 amide bonds. The molecule has 7 nitrogen and oxygen atoms in total. The van der Waals surface area contributed by atoms with Gasteiger partial charge in [0, 0.05) is 51.7 Å². The minimum Gasteiger partial charge on any atom is -0.381 e. The van der Waals surface area contributed by atoms with Crippen LogP contribution in [0.5, 0.6) is 0 Å². The standard InChI is InChI=1S/C21H30N4O3/c1-2-19(15-25(10-1)14-17-3-8-22-9-4-17)21-23-20(24-28-21)7-13-27-16-18-5-11-26-12-6-18/h3-4,8-9,18-19H,1-2,5-7,10-16H2. The lowest BCUT2D eigenvalue weighted by Crippen LogP contribution is -2.34. The molecule has 0 N–H and O–H groups in total. The van der Waals surface area contributed by atoms with E-state index in [-0.39, 0.29) is 0 Å². The maximum absolute atomic E-state index is 5.82. The molecule has 4 rings (SSSR count). The largest absolute Gasteiger partial charge is 0.381 e. The van der Waals surface area contributed by atoms with Gasteiger partial charge in [-0.15, -0.1) is 0 Å². The quantitative estimate of drug-likeness (QED) is 0.646. The Kier molecular flexibility index (Phi) is 7.02. The predicted molar refractivity (Wildman–Crippen MR) is 104 cm³/mol. The Morgan fingerprint density at radius 1 is 1.14 bits per heavy atom. The van der Waals surface area contributed by atoms with Crippen molar-refractivity contribution in [3.63, 3.8) is 0 Å². The third-order valence-corrected chi connectivity index (χ3v) is 5.66. The normalized spacial score (nSPS) is 21.8. The first kappa shape index (κ1) is 19.5. The van der Waals surface area contributed by atoms with Crippen LogP contribution in [-0.2, 0) is 22.4 Å². The second-order valence-electron chi connectivity index (χ2n) is 7.86. The van der Waals surface area contributed by atoms with Crippen LogP contribution in [0.4, 0.5) is 0 Å². The lowest BCUT2D eigenvalue weighted by molar-refractivity contribution is 0.0211. The molecule has 0 bridgehead atoms. The molecule has 0 radical (unpaired) electrons. The van der Waals surface area contributed by atoms with Crippen molar-refractivity contribution in [1.82, 2.24) is 20.0 Å². The molecule has 0 saturated carbocycles. The van der Waals surface area contributed by atoms with Crippen molar-refractivity contribution in [2.45, 2.75) is 44.6 Å². The second-order valence-corrected chi connectivity index (χ2v) is 7.86. The van der Waals surface area contributed by atoms with E-state index in [4.69, 9.17) is 14.0 Å². The number of pyridine rings is 1. The van der Waals surface area contributed by atoms with Gasteiger partial charge in [-0.2, -0.15) is 4.98 Å². The monoisotopic (exact) mass is 386 g/mol. The first-order valence-corrected chi connectivity index (χ1v) is 10.5. The van der Waals surface area contributed by atoms with Gasteiger partial charge in [0.2, 0.25) is 5.89 Å². The van der Waals surface area contributed by atoms with Gasteiger partial charge < -0.3 is 14.0 Å². The van der Waals surface area contributed by atoms with Gasteiger partial charge in [0.15, 0.2) is 5.82 Å². The SMILES string of the molecule is c1cc(CN2CCCC(c3nc(CCOCC4CCOCC4)no3)C2)ccn1. The molecule has 4 heterocycles. The van der Waals surface area contributed by atoms with Crippen LogP contribution in [0.3, 0.4) is 0 Å². The molecule has 1 atom stereocenters. The molecule has 2 aromatic heterocycles. The molecule has 28 heavy (non-hydrogen) atoms. The highest BCUT2D eigenvalue weighted by atomic mass is 16.5. The van der Waals surface area contributed by atoms with Crippen molar-refractivity contribution in [3.8, 4) is 0 Å². The van der Waals surface area contributed by atoms with E-state index in [0.29, 0.717) is 24.9 Å². The predicted octanol–water partition coefficient (Wildman–Crippen LogP) is 2.83. The Balaban J connectivity index is 1.21. The highest BCUT2D eigenvalue weighted by Gasteiger charge is 2.26. The Morgan fingerprint density at radius 3 is 2.86 bits per heavy atom. The van der Waals surface area contributed by atoms with Crippen LogP contribution in [0.25, 0.3) is 0 Å². The number of likely N-dealkylation sites (tertiary alicyclic amines) is 1. The van der Waals surface area contributed by atoms with E-state index in [1.54, 1.807) is 0 Å². The average Bonchev–Trinajstić information content (AvgIpc) is 3.22. The molecule has 2 aliphatic heterocycles. The van der Waals surface area contributed by atoms with Gasteiger partial charge in [0.25, 0.3) is 0 Å². The van der Waals surface area contributed by atoms with Crippen LogP contribution in [0.1, 0.15) is 48.9 Å².